The van der Waals surface area contributed by atoms with Crippen LogP contribution in [-0.4, -0.2) is 37.0 Å². The van der Waals surface area contributed by atoms with E-state index in [0.29, 0.717) is 19.7 Å². The fourth-order valence-corrected chi connectivity index (χ4v) is 2.62. The van der Waals surface area contributed by atoms with E-state index in [1.54, 1.807) is 11.0 Å². The Balaban J connectivity index is 2.07. The number of carbonyl (C=O) groups is 2. The topological polar surface area (TPSA) is 55.8 Å². The number of esters is 1. The van der Waals surface area contributed by atoms with Gasteiger partial charge in [-0.3, -0.25) is 9.59 Å². The maximum atomic E-state index is 12.7. The Labute approximate surface area is 166 Å². The van der Waals surface area contributed by atoms with Gasteiger partial charge in [0.2, 0.25) is 5.91 Å². The highest BCUT2D eigenvalue weighted by molar-refractivity contribution is 5.92. The van der Waals surface area contributed by atoms with Crippen LogP contribution in [0.15, 0.2) is 54.6 Å². The fraction of sp³-hybridized carbons (Fsp3) is 0.304. The molecular formula is C23H27NO4. The molecule has 0 spiro atoms. The lowest BCUT2D eigenvalue weighted by atomic mass is 10.1. The van der Waals surface area contributed by atoms with Gasteiger partial charge in [-0.05, 0) is 43.2 Å². The number of benzene rings is 2. The lowest BCUT2D eigenvalue weighted by Crippen LogP contribution is -2.31. The van der Waals surface area contributed by atoms with Crippen LogP contribution in [0.5, 0.6) is 5.75 Å². The van der Waals surface area contributed by atoms with Gasteiger partial charge in [0.05, 0.1) is 20.1 Å². The molecule has 0 radical (unpaired) electrons. The summed E-state index contributed by atoms with van der Waals surface area (Å²) >= 11 is 0. The molecule has 0 atom stereocenters. The first-order valence-corrected chi connectivity index (χ1v) is 9.34. The van der Waals surface area contributed by atoms with E-state index in [1.165, 1.54) is 13.2 Å². The van der Waals surface area contributed by atoms with Gasteiger partial charge in [0.1, 0.15) is 5.75 Å². The maximum absolute atomic E-state index is 12.7. The zero-order valence-electron chi connectivity index (χ0n) is 16.7. The zero-order chi connectivity index (χ0) is 20.4. The molecule has 0 N–H and O–H groups in total. The van der Waals surface area contributed by atoms with Crippen LogP contribution in [0.1, 0.15) is 30.0 Å². The number of carbonyl (C=O) groups excluding carboxylic acids is 2. The third-order valence-corrected chi connectivity index (χ3v) is 4.23. The van der Waals surface area contributed by atoms with Crippen molar-refractivity contribution in [1.82, 2.24) is 4.90 Å². The van der Waals surface area contributed by atoms with E-state index in [1.807, 2.05) is 62.4 Å². The van der Waals surface area contributed by atoms with E-state index < -0.39 is 0 Å². The van der Waals surface area contributed by atoms with Crippen molar-refractivity contribution < 1.29 is 19.1 Å². The molecule has 0 bridgehead atoms. The standard InChI is InChI=1S/C23H27NO4/c1-4-28-21-12-9-19(10-13-21)11-14-22(25)24(16-15-23(26)27-3)17-20-7-5-18(2)6-8-20/h5-14H,4,15-17H2,1-3H3/b14-11+. The molecule has 0 aliphatic carbocycles. The summed E-state index contributed by atoms with van der Waals surface area (Å²) in [6.07, 6.45) is 3.45. The van der Waals surface area contributed by atoms with Gasteiger partial charge in [-0.15, -0.1) is 0 Å². The molecule has 5 nitrogen and oxygen atoms in total. The Hall–Kier alpha value is -3.08. The third-order valence-electron chi connectivity index (χ3n) is 4.23. The summed E-state index contributed by atoms with van der Waals surface area (Å²) in [5.41, 5.74) is 3.07. The molecule has 28 heavy (non-hydrogen) atoms. The van der Waals surface area contributed by atoms with Gasteiger partial charge >= 0.3 is 5.97 Å². The van der Waals surface area contributed by atoms with Gasteiger partial charge in [0.25, 0.3) is 0 Å². The normalized spacial score (nSPS) is 10.7. The average molecular weight is 381 g/mol. The van der Waals surface area contributed by atoms with E-state index in [4.69, 9.17) is 9.47 Å². The molecule has 0 heterocycles. The van der Waals surface area contributed by atoms with Crippen molar-refractivity contribution in [3.05, 3.63) is 71.3 Å². The molecular weight excluding hydrogens is 354 g/mol. The van der Waals surface area contributed by atoms with Crippen molar-refractivity contribution in [2.45, 2.75) is 26.8 Å². The van der Waals surface area contributed by atoms with E-state index in [0.717, 1.165) is 22.4 Å². The Kier molecular flexibility index (Phi) is 8.28. The first-order chi connectivity index (χ1) is 13.5. The molecule has 2 aromatic carbocycles. The van der Waals surface area contributed by atoms with Gasteiger partial charge in [0.15, 0.2) is 0 Å². The maximum Gasteiger partial charge on any atom is 0.307 e. The second kappa shape index (κ2) is 10.9. The summed E-state index contributed by atoms with van der Waals surface area (Å²) in [5.74, 6) is 0.306. The molecule has 2 aromatic rings. The van der Waals surface area contributed by atoms with Crippen molar-refractivity contribution >= 4 is 18.0 Å². The van der Waals surface area contributed by atoms with Crippen LogP contribution in [-0.2, 0) is 20.9 Å². The quantitative estimate of drug-likeness (QED) is 0.487. The number of hydrogen-bond donors (Lipinski definition) is 0. The van der Waals surface area contributed by atoms with Crippen molar-refractivity contribution in [3.8, 4) is 5.75 Å². The first kappa shape index (κ1) is 21.2. The molecule has 2 rings (SSSR count). The minimum atomic E-state index is -0.336. The van der Waals surface area contributed by atoms with Crippen molar-refractivity contribution in [2.75, 3.05) is 20.3 Å². The molecule has 1 amide bonds. The highest BCUT2D eigenvalue weighted by Crippen LogP contribution is 2.14. The molecule has 0 saturated carbocycles. The van der Waals surface area contributed by atoms with Crippen molar-refractivity contribution in [3.63, 3.8) is 0 Å². The van der Waals surface area contributed by atoms with E-state index >= 15 is 0 Å². The van der Waals surface area contributed by atoms with Crippen LogP contribution in [0.4, 0.5) is 0 Å². The van der Waals surface area contributed by atoms with Gasteiger partial charge < -0.3 is 14.4 Å². The van der Waals surface area contributed by atoms with Crippen LogP contribution < -0.4 is 4.74 Å². The van der Waals surface area contributed by atoms with Crippen LogP contribution in [0, 0.1) is 6.92 Å². The van der Waals surface area contributed by atoms with Crippen LogP contribution in [0.2, 0.25) is 0 Å². The van der Waals surface area contributed by atoms with Crippen LogP contribution in [0.3, 0.4) is 0 Å². The summed E-state index contributed by atoms with van der Waals surface area (Å²) in [4.78, 5) is 25.9. The van der Waals surface area contributed by atoms with Crippen molar-refractivity contribution in [2.24, 2.45) is 0 Å². The largest absolute Gasteiger partial charge is 0.494 e. The second-order valence-electron chi connectivity index (χ2n) is 6.41. The molecule has 0 aromatic heterocycles. The minimum absolute atomic E-state index is 0.154. The molecule has 0 fully saturated rings. The Morgan fingerprint density at radius 3 is 2.32 bits per heavy atom. The Bertz CT molecular complexity index is 794. The predicted molar refractivity (Wildman–Crippen MR) is 110 cm³/mol. The lowest BCUT2D eigenvalue weighted by molar-refractivity contribution is -0.141. The number of ether oxygens (including phenoxy) is 2. The number of methoxy groups -OCH3 is 1. The summed E-state index contributed by atoms with van der Waals surface area (Å²) < 4.78 is 10.1. The Morgan fingerprint density at radius 2 is 1.71 bits per heavy atom. The SMILES string of the molecule is CCOc1ccc(/C=C/C(=O)N(CCC(=O)OC)Cc2ccc(C)cc2)cc1. The minimum Gasteiger partial charge on any atom is -0.494 e. The first-order valence-electron chi connectivity index (χ1n) is 9.34. The fourth-order valence-electron chi connectivity index (χ4n) is 2.62. The zero-order valence-corrected chi connectivity index (χ0v) is 16.7. The van der Waals surface area contributed by atoms with Gasteiger partial charge in [0, 0.05) is 19.2 Å². The number of rotatable bonds is 9. The molecule has 0 saturated heterocycles. The van der Waals surface area contributed by atoms with Gasteiger partial charge in [-0.2, -0.15) is 0 Å². The molecule has 0 unspecified atom stereocenters. The summed E-state index contributed by atoms with van der Waals surface area (Å²) in [5, 5.41) is 0. The lowest BCUT2D eigenvalue weighted by Gasteiger charge is -2.21. The van der Waals surface area contributed by atoms with E-state index in [2.05, 4.69) is 0 Å². The number of nitrogens with zero attached hydrogens (tertiary/aromatic N) is 1. The number of hydrogen-bond acceptors (Lipinski definition) is 4. The van der Waals surface area contributed by atoms with E-state index in [9.17, 15) is 9.59 Å². The molecule has 0 aliphatic heterocycles. The van der Waals surface area contributed by atoms with Crippen LogP contribution in [0.25, 0.3) is 6.08 Å². The van der Waals surface area contributed by atoms with Gasteiger partial charge in [-0.25, -0.2) is 0 Å². The summed E-state index contributed by atoms with van der Waals surface area (Å²) in [7, 11) is 1.35. The molecule has 0 aliphatic rings. The predicted octanol–water partition coefficient (Wildman–Crippen LogP) is 4.00. The second-order valence-corrected chi connectivity index (χ2v) is 6.41. The van der Waals surface area contributed by atoms with Crippen molar-refractivity contribution in [1.29, 1.82) is 0 Å². The van der Waals surface area contributed by atoms with Crippen LogP contribution >= 0.6 is 0 Å². The summed E-state index contributed by atoms with van der Waals surface area (Å²) in [6, 6.07) is 15.5. The van der Waals surface area contributed by atoms with E-state index in [-0.39, 0.29) is 18.3 Å². The highest BCUT2D eigenvalue weighted by atomic mass is 16.5. The number of amides is 1. The monoisotopic (exact) mass is 381 g/mol. The van der Waals surface area contributed by atoms with Gasteiger partial charge in [-0.1, -0.05) is 42.0 Å². The summed E-state index contributed by atoms with van der Waals surface area (Å²) in [6.45, 7) is 5.30. The Morgan fingerprint density at radius 1 is 1.04 bits per heavy atom. The third kappa shape index (κ3) is 6.91. The number of aryl methyl sites for hydroxylation is 1. The smallest absolute Gasteiger partial charge is 0.307 e. The molecule has 148 valence electrons. The highest BCUT2D eigenvalue weighted by Gasteiger charge is 2.14. The molecule has 5 heteroatoms. The average Bonchev–Trinajstić information content (AvgIpc) is 2.71.